The normalized spacial score (nSPS) is 31.7. The number of hydrogen-bond donors (Lipinski definition) is 2. The SMILES string of the molecule is O[C@@H]1[C@@H](NCc2ccccn2)CO[C@H]1CN1CCC(F)(F)C1. The molecular weight excluding hydrogens is 292 g/mol. The van der Waals surface area contributed by atoms with Gasteiger partial charge in [-0.3, -0.25) is 9.88 Å². The summed E-state index contributed by atoms with van der Waals surface area (Å²) >= 11 is 0. The largest absolute Gasteiger partial charge is 0.389 e. The van der Waals surface area contributed by atoms with Crippen LogP contribution in [0.5, 0.6) is 0 Å². The maximum absolute atomic E-state index is 13.2. The minimum Gasteiger partial charge on any atom is -0.389 e. The highest BCUT2D eigenvalue weighted by Gasteiger charge is 2.42. The Bertz CT molecular complexity index is 489. The lowest BCUT2D eigenvalue weighted by Gasteiger charge is -2.23. The first-order chi connectivity index (χ1) is 10.5. The highest BCUT2D eigenvalue weighted by Crippen LogP contribution is 2.28. The van der Waals surface area contributed by atoms with Crippen molar-refractivity contribution in [2.75, 3.05) is 26.2 Å². The molecule has 2 N–H and O–H groups in total. The third-order valence-corrected chi connectivity index (χ3v) is 4.24. The molecule has 3 heterocycles. The maximum Gasteiger partial charge on any atom is 0.261 e. The van der Waals surface area contributed by atoms with Crippen LogP contribution in [0, 0.1) is 0 Å². The van der Waals surface area contributed by atoms with Crippen LogP contribution in [0.4, 0.5) is 8.78 Å². The van der Waals surface area contributed by atoms with Gasteiger partial charge in [0.2, 0.25) is 0 Å². The zero-order chi connectivity index (χ0) is 15.6. The van der Waals surface area contributed by atoms with E-state index in [1.165, 1.54) is 0 Å². The summed E-state index contributed by atoms with van der Waals surface area (Å²) in [6, 6.07) is 5.45. The fraction of sp³-hybridized carbons (Fsp3) is 0.667. The number of aliphatic hydroxyl groups excluding tert-OH is 1. The third-order valence-electron chi connectivity index (χ3n) is 4.24. The number of aliphatic hydroxyl groups is 1. The summed E-state index contributed by atoms with van der Waals surface area (Å²) < 4.78 is 31.9. The Morgan fingerprint density at radius 3 is 3.00 bits per heavy atom. The van der Waals surface area contributed by atoms with Crippen LogP contribution in [0.2, 0.25) is 0 Å². The topological polar surface area (TPSA) is 57.6 Å². The summed E-state index contributed by atoms with van der Waals surface area (Å²) in [5.41, 5.74) is 0.886. The smallest absolute Gasteiger partial charge is 0.261 e. The summed E-state index contributed by atoms with van der Waals surface area (Å²) in [5, 5.41) is 13.5. The van der Waals surface area contributed by atoms with E-state index in [9.17, 15) is 13.9 Å². The lowest BCUT2D eigenvalue weighted by atomic mass is 10.1. The molecular formula is C15H21F2N3O2. The monoisotopic (exact) mass is 313 g/mol. The summed E-state index contributed by atoms with van der Waals surface area (Å²) in [7, 11) is 0. The number of alkyl halides is 2. The molecule has 5 nitrogen and oxygen atoms in total. The molecule has 0 unspecified atom stereocenters. The van der Waals surface area contributed by atoms with E-state index < -0.39 is 18.1 Å². The molecule has 1 aromatic heterocycles. The van der Waals surface area contributed by atoms with Crippen molar-refractivity contribution in [1.29, 1.82) is 0 Å². The second kappa shape index (κ2) is 6.54. The molecule has 0 amide bonds. The number of nitrogens with zero attached hydrogens (tertiary/aromatic N) is 2. The molecule has 2 aliphatic rings. The molecule has 0 bridgehead atoms. The number of likely N-dealkylation sites (tertiary alicyclic amines) is 1. The third kappa shape index (κ3) is 3.78. The predicted octanol–water partition coefficient (Wildman–Crippen LogP) is 0.640. The second-order valence-electron chi connectivity index (χ2n) is 6.01. The fourth-order valence-electron chi connectivity index (χ4n) is 2.98. The molecule has 3 atom stereocenters. The first-order valence-electron chi connectivity index (χ1n) is 7.57. The molecule has 2 saturated heterocycles. The van der Waals surface area contributed by atoms with E-state index in [1.807, 2.05) is 18.2 Å². The number of hydrogen-bond acceptors (Lipinski definition) is 5. The van der Waals surface area contributed by atoms with Gasteiger partial charge in [0.05, 0.1) is 37.1 Å². The van der Waals surface area contributed by atoms with Gasteiger partial charge in [0.15, 0.2) is 0 Å². The van der Waals surface area contributed by atoms with Crippen LogP contribution in [0.15, 0.2) is 24.4 Å². The van der Waals surface area contributed by atoms with Crippen molar-refractivity contribution in [3.63, 3.8) is 0 Å². The summed E-state index contributed by atoms with van der Waals surface area (Å²) in [5.74, 6) is -2.61. The van der Waals surface area contributed by atoms with Crippen LogP contribution in [0.1, 0.15) is 12.1 Å². The van der Waals surface area contributed by atoms with E-state index in [0.717, 1.165) is 5.69 Å². The Balaban J connectivity index is 1.47. The second-order valence-corrected chi connectivity index (χ2v) is 6.01. The average molecular weight is 313 g/mol. The van der Waals surface area contributed by atoms with Gasteiger partial charge in [-0.15, -0.1) is 0 Å². The molecule has 0 radical (unpaired) electrons. The quantitative estimate of drug-likeness (QED) is 0.835. The number of pyridine rings is 1. The summed E-state index contributed by atoms with van der Waals surface area (Å²) in [6.07, 6.45) is 0.486. The van der Waals surface area contributed by atoms with E-state index in [-0.39, 0.29) is 19.0 Å². The lowest BCUT2D eigenvalue weighted by molar-refractivity contribution is -0.00739. The Kier molecular flexibility index (Phi) is 4.67. The van der Waals surface area contributed by atoms with Crippen molar-refractivity contribution in [3.8, 4) is 0 Å². The van der Waals surface area contributed by atoms with E-state index in [1.54, 1.807) is 11.1 Å². The number of halogens is 2. The van der Waals surface area contributed by atoms with Crippen LogP contribution in [0.3, 0.4) is 0 Å². The van der Waals surface area contributed by atoms with Gasteiger partial charge in [0.1, 0.15) is 0 Å². The van der Waals surface area contributed by atoms with Crippen LogP contribution < -0.4 is 5.32 Å². The van der Waals surface area contributed by atoms with E-state index in [2.05, 4.69) is 10.3 Å². The Morgan fingerprint density at radius 1 is 1.45 bits per heavy atom. The number of ether oxygens (including phenoxy) is 1. The minimum atomic E-state index is -2.61. The van der Waals surface area contributed by atoms with Gasteiger partial charge < -0.3 is 15.2 Å². The molecule has 7 heteroatoms. The zero-order valence-electron chi connectivity index (χ0n) is 12.3. The zero-order valence-corrected chi connectivity index (χ0v) is 12.3. The molecule has 122 valence electrons. The molecule has 2 aliphatic heterocycles. The standard InChI is InChI=1S/C15H21F2N3O2/c16-15(17)4-6-20(10-15)8-13-14(21)12(9-22-13)19-7-11-3-1-2-5-18-11/h1-3,5,12-14,19,21H,4,6-10H2/t12-,13-,14+/m0/s1. The van der Waals surface area contributed by atoms with Crippen molar-refractivity contribution >= 4 is 0 Å². The maximum atomic E-state index is 13.2. The molecule has 0 aromatic carbocycles. The summed E-state index contributed by atoms with van der Waals surface area (Å²) in [6.45, 7) is 1.37. The number of rotatable bonds is 5. The fourth-order valence-corrected chi connectivity index (χ4v) is 2.98. The molecule has 0 aliphatic carbocycles. The van der Waals surface area contributed by atoms with Crippen LogP contribution >= 0.6 is 0 Å². The molecule has 1 aromatic rings. The highest BCUT2D eigenvalue weighted by atomic mass is 19.3. The van der Waals surface area contributed by atoms with Crippen LogP contribution in [0.25, 0.3) is 0 Å². The molecule has 0 saturated carbocycles. The first-order valence-corrected chi connectivity index (χ1v) is 7.57. The van der Waals surface area contributed by atoms with E-state index in [0.29, 0.717) is 26.2 Å². The lowest BCUT2D eigenvalue weighted by Crippen LogP contribution is -2.44. The molecule has 0 spiro atoms. The Labute approximate surface area is 128 Å². The van der Waals surface area contributed by atoms with Crippen LogP contribution in [-0.2, 0) is 11.3 Å². The van der Waals surface area contributed by atoms with Crippen molar-refractivity contribution < 1.29 is 18.6 Å². The van der Waals surface area contributed by atoms with E-state index >= 15 is 0 Å². The van der Waals surface area contributed by atoms with Crippen molar-refractivity contribution in [3.05, 3.63) is 30.1 Å². The van der Waals surface area contributed by atoms with Crippen molar-refractivity contribution in [1.82, 2.24) is 15.2 Å². The van der Waals surface area contributed by atoms with Gasteiger partial charge in [-0.2, -0.15) is 0 Å². The molecule has 2 fully saturated rings. The predicted molar refractivity (Wildman–Crippen MR) is 76.6 cm³/mol. The highest BCUT2D eigenvalue weighted by molar-refractivity contribution is 5.04. The van der Waals surface area contributed by atoms with Crippen molar-refractivity contribution in [2.24, 2.45) is 0 Å². The van der Waals surface area contributed by atoms with Crippen LogP contribution in [-0.4, -0.2) is 65.4 Å². The Hall–Kier alpha value is -1.15. The van der Waals surface area contributed by atoms with Gasteiger partial charge in [-0.1, -0.05) is 6.07 Å². The van der Waals surface area contributed by atoms with Gasteiger partial charge in [-0.05, 0) is 12.1 Å². The molecule has 3 rings (SSSR count). The van der Waals surface area contributed by atoms with Crippen molar-refractivity contribution in [2.45, 2.75) is 37.1 Å². The molecule has 22 heavy (non-hydrogen) atoms. The summed E-state index contributed by atoms with van der Waals surface area (Å²) in [4.78, 5) is 5.87. The number of aromatic nitrogens is 1. The van der Waals surface area contributed by atoms with Gasteiger partial charge in [0.25, 0.3) is 5.92 Å². The average Bonchev–Trinajstić information content (AvgIpc) is 3.02. The van der Waals surface area contributed by atoms with Gasteiger partial charge >= 0.3 is 0 Å². The first kappa shape index (κ1) is 15.7. The van der Waals surface area contributed by atoms with E-state index in [4.69, 9.17) is 4.74 Å². The number of nitrogens with one attached hydrogen (secondary N) is 1. The van der Waals surface area contributed by atoms with Gasteiger partial charge in [-0.25, -0.2) is 8.78 Å². The Morgan fingerprint density at radius 2 is 2.32 bits per heavy atom. The minimum absolute atomic E-state index is 0.114. The van der Waals surface area contributed by atoms with Gasteiger partial charge in [0, 0.05) is 32.3 Å².